The van der Waals surface area contributed by atoms with Crippen LogP contribution in [0, 0.1) is 10.1 Å². The van der Waals surface area contributed by atoms with E-state index in [4.69, 9.17) is 10.2 Å². The zero-order chi connectivity index (χ0) is 16.3. The Morgan fingerprint density at radius 2 is 2.00 bits per heavy atom. The Bertz CT molecular complexity index is 696. The van der Waals surface area contributed by atoms with Gasteiger partial charge in [-0.1, -0.05) is 5.21 Å². The number of rotatable bonds is 6. The number of hydrogen-bond acceptors (Lipinski definition) is 7. The van der Waals surface area contributed by atoms with Crippen LogP contribution in [-0.2, 0) is 6.54 Å². The maximum atomic E-state index is 11.2. The van der Waals surface area contributed by atoms with Crippen molar-refractivity contribution in [2.24, 2.45) is 0 Å². The summed E-state index contributed by atoms with van der Waals surface area (Å²) in [4.78, 5) is 21.3. The lowest BCUT2D eigenvalue weighted by molar-refractivity contribution is -0.384. The molecule has 2 rings (SSSR count). The second-order valence-corrected chi connectivity index (χ2v) is 4.41. The van der Waals surface area contributed by atoms with Gasteiger partial charge in [-0.3, -0.25) is 10.1 Å². The molecule has 0 aliphatic rings. The van der Waals surface area contributed by atoms with Gasteiger partial charge in [0.05, 0.1) is 24.2 Å². The first-order chi connectivity index (χ1) is 10.4. The van der Waals surface area contributed by atoms with Crippen LogP contribution in [0.3, 0.4) is 0 Å². The lowest BCUT2D eigenvalue weighted by Crippen LogP contribution is -2.21. The van der Waals surface area contributed by atoms with Gasteiger partial charge in [0, 0.05) is 17.7 Å². The normalized spacial score (nSPS) is 12.1. The van der Waals surface area contributed by atoms with Crippen LogP contribution < -0.4 is 0 Å². The fourth-order valence-corrected chi connectivity index (χ4v) is 1.87. The van der Waals surface area contributed by atoms with E-state index in [9.17, 15) is 20.0 Å². The molecule has 0 saturated heterocycles. The van der Waals surface area contributed by atoms with Crippen molar-refractivity contribution in [3.05, 3.63) is 40.1 Å². The molecule has 1 atom stereocenters. The largest absolute Gasteiger partial charge is 0.476 e. The van der Waals surface area contributed by atoms with Crippen molar-refractivity contribution >= 4 is 11.7 Å². The molecule has 22 heavy (non-hydrogen) atoms. The fraction of sp³-hybridized carbons (Fsp3) is 0.250. The minimum atomic E-state index is -1.32. The van der Waals surface area contributed by atoms with Gasteiger partial charge in [-0.05, 0) is 12.1 Å². The highest BCUT2D eigenvalue weighted by Gasteiger charge is 2.22. The van der Waals surface area contributed by atoms with E-state index in [0.717, 1.165) is 4.68 Å². The Labute approximate surface area is 123 Å². The van der Waals surface area contributed by atoms with E-state index in [1.54, 1.807) is 0 Å². The minimum Gasteiger partial charge on any atom is -0.476 e. The molecule has 0 saturated carbocycles. The third-order valence-electron chi connectivity index (χ3n) is 2.88. The summed E-state index contributed by atoms with van der Waals surface area (Å²) >= 11 is 0. The van der Waals surface area contributed by atoms with Gasteiger partial charge in [0.1, 0.15) is 5.69 Å². The quantitative estimate of drug-likeness (QED) is 0.494. The maximum absolute atomic E-state index is 11.2. The van der Waals surface area contributed by atoms with Crippen molar-refractivity contribution in [1.82, 2.24) is 15.0 Å². The molecular weight excluding hydrogens is 296 g/mol. The second-order valence-electron chi connectivity index (χ2n) is 4.41. The van der Waals surface area contributed by atoms with Gasteiger partial charge in [-0.25, -0.2) is 9.48 Å². The van der Waals surface area contributed by atoms with Crippen LogP contribution in [0.1, 0.15) is 10.5 Å². The Morgan fingerprint density at radius 1 is 1.36 bits per heavy atom. The molecule has 1 heterocycles. The van der Waals surface area contributed by atoms with Crippen LogP contribution in [0.2, 0.25) is 0 Å². The monoisotopic (exact) mass is 308 g/mol. The van der Waals surface area contributed by atoms with E-state index in [1.165, 1.54) is 24.3 Å². The van der Waals surface area contributed by atoms with Crippen molar-refractivity contribution in [3.8, 4) is 11.3 Å². The molecule has 1 aromatic carbocycles. The number of carbonyl (C=O) groups is 1. The number of aliphatic hydroxyl groups is 2. The van der Waals surface area contributed by atoms with Crippen LogP contribution in [0.15, 0.2) is 24.3 Å². The lowest BCUT2D eigenvalue weighted by atomic mass is 10.1. The zero-order valence-corrected chi connectivity index (χ0v) is 11.2. The van der Waals surface area contributed by atoms with Crippen LogP contribution in [0.5, 0.6) is 0 Å². The van der Waals surface area contributed by atoms with E-state index in [-0.39, 0.29) is 23.6 Å². The maximum Gasteiger partial charge on any atom is 0.358 e. The molecule has 0 radical (unpaired) electrons. The van der Waals surface area contributed by atoms with Crippen molar-refractivity contribution in [3.63, 3.8) is 0 Å². The first kappa shape index (κ1) is 15.5. The van der Waals surface area contributed by atoms with Gasteiger partial charge in [-0.15, -0.1) is 5.10 Å². The number of hydrogen-bond donors (Lipinski definition) is 3. The standard InChI is InChI=1S/C12H12N4O6/c17-6-9(18)5-15-11(10(12(19)20)13-14-15)7-1-3-8(4-2-7)16(21)22/h1-4,9,17-18H,5-6H2,(H,19,20). The van der Waals surface area contributed by atoms with Gasteiger partial charge in [-0.2, -0.15) is 0 Å². The van der Waals surface area contributed by atoms with Crippen molar-refractivity contribution < 1.29 is 25.0 Å². The molecule has 10 nitrogen and oxygen atoms in total. The highest BCUT2D eigenvalue weighted by atomic mass is 16.6. The molecule has 3 N–H and O–H groups in total. The van der Waals surface area contributed by atoms with E-state index in [0.29, 0.717) is 5.56 Å². The summed E-state index contributed by atoms with van der Waals surface area (Å²) in [6.07, 6.45) is -1.14. The Kier molecular flexibility index (Phi) is 4.44. The molecule has 1 unspecified atom stereocenters. The number of benzene rings is 1. The molecular formula is C12H12N4O6. The van der Waals surface area contributed by atoms with Crippen molar-refractivity contribution in [2.75, 3.05) is 6.61 Å². The number of aromatic nitrogens is 3. The summed E-state index contributed by atoms with van der Waals surface area (Å²) < 4.78 is 1.13. The smallest absolute Gasteiger partial charge is 0.358 e. The van der Waals surface area contributed by atoms with Gasteiger partial charge in [0.2, 0.25) is 0 Å². The van der Waals surface area contributed by atoms with Crippen LogP contribution >= 0.6 is 0 Å². The molecule has 1 aromatic heterocycles. The fourth-order valence-electron chi connectivity index (χ4n) is 1.87. The highest BCUT2D eigenvalue weighted by Crippen LogP contribution is 2.25. The van der Waals surface area contributed by atoms with Gasteiger partial charge in [0.25, 0.3) is 5.69 Å². The first-order valence-electron chi connectivity index (χ1n) is 6.14. The molecule has 116 valence electrons. The summed E-state index contributed by atoms with van der Waals surface area (Å²) in [6, 6.07) is 5.18. The van der Waals surface area contributed by atoms with Crippen molar-refractivity contribution in [1.29, 1.82) is 0 Å². The molecule has 0 fully saturated rings. The van der Waals surface area contributed by atoms with E-state index >= 15 is 0 Å². The van der Waals surface area contributed by atoms with Crippen LogP contribution in [0.4, 0.5) is 5.69 Å². The van der Waals surface area contributed by atoms with E-state index < -0.39 is 23.6 Å². The first-order valence-corrected chi connectivity index (χ1v) is 6.14. The zero-order valence-electron chi connectivity index (χ0n) is 11.2. The summed E-state index contributed by atoms with van der Waals surface area (Å²) in [7, 11) is 0. The molecule has 2 aromatic rings. The van der Waals surface area contributed by atoms with E-state index in [1.807, 2.05) is 0 Å². The number of nitro benzene ring substituents is 1. The Morgan fingerprint density at radius 3 is 2.50 bits per heavy atom. The molecule has 10 heteroatoms. The third-order valence-corrected chi connectivity index (χ3v) is 2.88. The Balaban J connectivity index is 2.48. The number of aromatic carboxylic acids is 1. The number of carboxylic acid groups (broad SMARTS) is 1. The van der Waals surface area contributed by atoms with Crippen molar-refractivity contribution in [2.45, 2.75) is 12.6 Å². The highest BCUT2D eigenvalue weighted by molar-refractivity contribution is 5.92. The average molecular weight is 308 g/mol. The number of aliphatic hydroxyl groups excluding tert-OH is 2. The SMILES string of the molecule is O=C(O)c1nnn(CC(O)CO)c1-c1ccc([N+](=O)[O-])cc1. The number of carboxylic acids is 1. The van der Waals surface area contributed by atoms with Gasteiger partial charge >= 0.3 is 5.97 Å². The van der Waals surface area contributed by atoms with Gasteiger partial charge < -0.3 is 15.3 Å². The number of nitrogens with zero attached hydrogens (tertiary/aromatic N) is 4. The molecule has 0 aliphatic heterocycles. The topological polar surface area (TPSA) is 152 Å². The third kappa shape index (κ3) is 3.07. The van der Waals surface area contributed by atoms with Crippen LogP contribution in [-0.4, -0.2) is 53.9 Å². The Hall–Kier alpha value is -2.85. The summed E-state index contributed by atoms with van der Waals surface area (Å²) in [5.41, 5.74) is -0.0536. The molecule has 0 bridgehead atoms. The predicted octanol–water partition coefficient (Wildman–Crippen LogP) is -0.0953. The number of non-ortho nitro benzene ring substituents is 1. The average Bonchev–Trinajstić information content (AvgIpc) is 2.91. The second kappa shape index (κ2) is 6.28. The minimum absolute atomic E-state index is 0.0925. The predicted molar refractivity (Wildman–Crippen MR) is 72.2 cm³/mol. The molecule has 0 amide bonds. The van der Waals surface area contributed by atoms with E-state index in [2.05, 4.69) is 10.3 Å². The molecule has 0 spiro atoms. The van der Waals surface area contributed by atoms with Gasteiger partial charge in [0.15, 0.2) is 5.69 Å². The summed E-state index contributed by atoms with van der Waals surface area (Å²) in [6.45, 7) is -0.689. The lowest BCUT2D eigenvalue weighted by Gasteiger charge is -2.10. The summed E-state index contributed by atoms with van der Waals surface area (Å²) in [5, 5.41) is 45.3. The summed E-state index contributed by atoms with van der Waals surface area (Å²) in [5.74, 6) is -1.32. The number of nitro groups is 1. The van der Waals surface area contributed by atoms with Crippen LogP contribution in [0.25, 0.3) is 11.3 Å². The molecule has 0 aliphatic carbocycles.